The quantitative estimate of drug-likeness (QED) is 0.811. The summed E-state index contributed by atoms with van der Waals surface area (Å²) in [7, 11) is 0. The van der Waals surface area contributed by atoms with Crippen molar-refractivity contribution in [2.24, 2.45) is 0 Å². The average molecular weight is 273 g/mol. The van der Waals surface area contributed by atoms with E-state index in [4.69, 9.17) is 4.74 Å². The molecule has 2 N–H and O–H groups in total. The molecule has 20 heavy (non-hydrogen) atoms. The molecular formula is C13H15N5O2. The second-order valence-electron chi connectivity index (χ2n) is 5.35. The van der Waals surface area contributed by atoms with E-state index in [0.29, 0.717) is 6.54 Å². The van der Waals surface area contributed by atoms with Crippen molar-refractivity contribution in [2.45, 2.75) is 18.4 Å². The number of H-pyrrole nitrogens is 1. The third-order valence-electron chi connectivity index (χ3n) is 4.17. The van der Waals surface area contributed by atoms with Gasteiger partial charge in [-0.3, -0.25) is 0 Å². The maximum atomic E-state index is 11.2. The van der Waals surface area contributed by atoms with Crippen LogP contribution in [0.15, 0.2) is 18.6 Å². The van der Waals surface area contributed by atoms with Gasteiger partial charge in [0.2, 0.25) is 0 Å². The molecule has 0 aliphatic carbocycles. The fourth-order valence-corrected chi connectivity index (χ4v) is 3.02. The van der Waals surface area contributed by atoms with Gasteiger partial charge in [-0.25, -0.2) is 14.8 Å². The Balaban J connectivity index is 1.57. The monoisotopic (exact) mass is 273 g/mol. The lowest BCUT2D eigenvalue weighted by molar-refractivity contribution is 0.0366. The normalized spacial score (nSPS) is 21.2. The van der Waals surface area contributed by atoms with Crippen molar-refractivity contribution >= 4 is 22.9 Å². The Labute approximate surface area is 115 Å². The number of amides is 1. The molecule has 0 aromatic carbocycles. The molecule has 0 bridgehead atoms. The van der Waals surface area contributed by atoms with Gasteiger partial charge in [-0.05, 0) is 6.07 Å². The van der Waals surface area contributed by atoms with Gasteiger partial charge in [0.05, 0.1) is 11.9 Å². The van der Waals surface area contributed by atoms with Crippen LogP contribution in [0.4, 0.5) is 10.6 Å². The SMILES string of the molecule is O=C1NCC2(CCN(c3ncnc4[nH]ccc34)CC2)O1. The number of hydrogen-bond acceptors (Lipinski definition) is 5. The summed E-state index contributed by atoms with van der Waals surface area (Å²) >= 11 is 0. The van der Waals surface area contributed by atoms with E-state index in [0.717, 1.165) is 42.8 Å². The molecule has 0 radical (unpaired) electrons. The van der Waals surface area contributed by atoms with Crippen LogP contribution in [-0.2, 0) is 4.74 Å². The Hall–Kier alpha value is -2.31. The first-order valence-electron chi connectivity index (χ1n) is 6.76. The molecule has 0 saturated carbocycles. The summed E-state index contributed by atoms with van der Waals surface area (Å²) in [5, 5.41) is 3.78. The van der Waals surface area contributed by atoms with Gasteiger partial charge in [-0.15, -0.1) is 0 Å². The maximum absolute atomic E-state index is 11.2. The van der Waals surface area contributed by atoms with E-state index in [1.165, 1.54) is 0 Å². The summed E-state index contributed by atoms with van der Waals surface area (Å²) < 4.78 is 5.43. The van der Waals surface area contributed by atoms with Gasteiger partial charge in [-0.2, -0.15) is 0 Å². The summed E-state index contributed by atoms with van der Waals surface area (Å²) in [6.07, 6.45) is 4.80. The fourth-order valence-electron chi connectivity index (χ4n) is 3.02. The molecule has 4 rings (SSSR count). The molecule has 2 aromatic rings. The Bertz CT molecular complexity index is 660. The highest BCUT2D eigenvalue weighted by Gasteiger charge is 2.43. The van der Waals surface area contributed by atoms with Gasteiger partial charge in [0.15, 0.2) is 0 Å². The highest BCUT2D eigenvalue weighted by Crippen LogP contribution is 2.32. The Morgan fingerprint density at radius 2 is 2.15 bits per heavy atom. The maximum Gasteiger partial charge on any atom is 0.407 e. The van der Waals surface area contributed by atoms with Gasteiger partial charge in [0, 0.05) is 32.1 Å². The molecule has 1 amide bonds. The zero-order valence-electron chi connectivity index (χ0n) is 10.9. The summed E-state index contributed by atoms with van der Waals surface area (Å²) in [6, 6.07) is 1.99. The topological polar surface area (TPSA) is 83.1 Å². The third-order valence-corrected chi connectivity index (χ3v) is 4.17. The standard InChI is InChI=1S/C13H15N5O2/c19-12-15-7-13(20-12)2-5-18(6-3-13)11-9-1-4-14-10(9)16-8-17-11/h1,4,8H,2-3,5-7H2,(H,15,19)(H,14,16,17). The highest BCUT2D eigenvalue weighted by atomic mass is 16.6. The first-order valence-corrected chi connectivity index (χ1v) is 6.76. The van der Waals surface area contributed by atoms with E-state index in [2.05, 4.69) is 25.2 Å². The van der Waals surface area contributed by atoms with Crippen LogP contribution in [0.25, 0.3) is 11.0 Å². The van der Waals surface area contributed by atoms with E-state index in [-0.39, 0.29) is 11.7 Å². The number of carbonyl (C=O) groups is 1. The molecule has 2 aliphatic heterocycles. The molecule has 7 heteroatoms. The number of fused-ring (bicyclic) bond motifs is 1. The summed E-state index contributed by atoms with van der Waals surface area (Å²) in [5.74, 6) is 0.948. The number of anilines is 1. The number of rotatable bonds is 1. The molecule has 0 atom stereocenters. The zero-order chi connectivity index (χ0) is 13.6. The van der Waals surface area contributed by atoms with Crippen molar-refractivity contribution in [3.05, 3.63) is 18.6 Å². The molecule has 104 valence electrons. The minimum Gasteiger partial charge on any atom is -0.441 e. The van der Waals surface area contributed by atoms with Crippen molar-refractivity contribution in [2.75, 3.05) is 24.5 Å². The third kappa shape index (κ3) is 1.70. The number of nitrogens with one attached hydrogen (secondary N) is 2. The zero-order valence-corrected chi connectivity index (χ0v) is 10.9. The lowest BCUT2D eigenvalue weighted by Crippen LogP contribution is -2.47. The largest absolute Gasteiger partial charge is 0.441 e. The van der Waals surface area contributed by atoms with Crippen LogP contribution in [-0.4, -0.2) is 46.3 Å². The smallest absolute Gasteiger partial charge is 0.407 e. The lowest BCUT2D eigenvalue weighted by atomic mass is 9.91. The molecule has 2 saturated heterocycles. The predicted molar refractivity (Wildman–Crippen MR) is 72.6 cm³/mol. The molecule has 7 nitrogen and oxygen atoms in total. The van der Waals surface area contributed by atoms with Crippen molar-refractivity contribution in [1.29, 1.82) is 0 Å². The number of ether oxygens (including phenoxy) is 1. The van der Waals surface area contributed by atoms with E-state index in [1.807, 2.05) is 12.3 Å². The number of piperidine rings is 1. The molecule has 1 spiro atoms. The molecular weight excluding hydrogens is 258 g/mol. The number of aromatic nitrogens is 3. The van der Waals surface area contributed by atoms with Crippen molar-refractivity contribution in [3.8, 4) is 0 Å². The van der Waals surface area contributed by atoms with Gasteiger partial charge < -0.3 is 19.9 Å². The van der Waals surface area contributed by atoms with Crippen LogP contribution >= 0.6 is 0 Å². The number of alkyl carbamates (subject to hydrolysis) is 1. The Morgan fingerprint density at radius 1 is 1.30 bits per heavy atom. The highest BCUT2D eigenvalue weighted by molar-refractivity contribution is 5.87. The summed E-state index contributed by atoms with van der Waals surface area (Å²) in [5.41, 5.74) is 0.530. The predicted octanol–water partition coefficient (Wildman–Crippen LogP) is 1.04. The Kier molecular flexibility index (Phi) is 2.35. The molecule has 2 aliphatic rings. The fraction of sp³-hybridized carbons (Fsp3) is 0.462. The minimum atomic E-state index is -0.322. The van der Waals surface area contributed by atoms with Crippen molar-refractivity contribution in [1.82, 2.24) is 20.3 Å². The first-order chi connectivity index (χ1) is 9.76. The van der Waals surface area contributed by atoms with Crippen molar-refractivity contribution in [3.63, 3.8) is 0 Å². The molecule has 4 heterocycles. The van der Waals surface area contributed by atoms with Crippen LogP contribution in [0.3, 0.4) is 0 Å². The molecule has 2 aromatic heterocycles. The minimum absolute atomic E-state index is 0.298. The summed E-state index contributed by atoms with van der Waals surface area (Å²) in [6.45, 7) is 2.27. The van der Waals surface area contributed by atoms with Crippen LogP contribution in [0, 0.1) is 0 Å². The van der Waals surface area contributed by atoms with Gasteiger partial charge in [0.1, 0.15) is 23.4 Å². The number of carbonyl (C=O) groups excluding carboxylic acids is 1. The van der Waals surface area contributed by atoms with E-state index in [1.54, 1.807) is 6.33 Å². The van der Waals surface area contributed by atoms with Crippen LogP contribution in [0.1, 0.15) is 12.8 Å². The van der Waals surface area contributed by atoms with Crippen LogP contribution in [0.5, 0.6) is 0 Å². The first kappa shape index (κ1) is 11.5. The second-order valence-corrected chi connectivity index (χ2v) is 5.35. The van der Waals surface area contributed by atoms with Gasteiger partial charge >= 0.3 is 6.09 Å². The number of hydrogen-bond donors (Lipinski definition) is 2. The number of aromatic amines is 1. The van der Waals surface area contributed by atoms with Crippen molar-refractivity contribution < 1.29 is 9.53 Å². The average Bonchev–Trinajstić information content (AvgIpc) is 3.07. The van der Waals surface area contributed by atoms with E-state index in [9.17, 15) is 4.79 Å². The van der Waals surface area contributed by atoms with Crippen LogP contribution < -0.4 is 10.2 Å². The lowest BCUT2D eigenvalue weighted by Gasteiger charge is -2.37. The Morgan fingerprint density at radius 3 is 2.90 bits per heavy atom. The van der Waals surface area contributed by atoms with Gasteiger partial charge in [0.25, 0.3) is 0 Å². The second kappa shape index (κ2) is 4.09. The van der Waals surface area contributed by atoms with Crippen LogP contribution in [0.2, 0.25) is 0 Å². The van der Waals surface area contributed by atoms with E-state index < -0.39 is 0 Å². The molecule has 2 fully saturated rings. The summed E-state index contributed by atoms with van der Waals surface area (Å²) in [4.78, 5) is 25.2. The number of nitrogens with zero attached hydrogens (tertiary/aromatic N) is 3. The molecule has 0 unspecified atom stereocenters. The van der Waals surface area contributed by atoms with Gasteiger partial charge in [-0.1, -0.05) is 0 Å². The van der Waals surface area contributed by atoms with E-state index >= 15 is 0 Å².